The highest BCUT2D eigenvalue weighted by molar-refractivity contribution is 7.15. The number of carbonyl (C=O) groups excluding carboxylic acids is 2. The van der Waals surface area contributed by atoms with E-state index in [-0.39, 0.29) is 25.0 Å². The minimum absolute atomic E-state index is 0.129. The van der Waals surface area contributed by atoms with Gasteiger partial charge in [-0.2, -0.15) is 0 Å². The van der Waals surface area contributed by atoms with E-state index in [1.807, 2.05) is 37.3 Å². The summed E-state index contributed by atoms with van der Waals surface area (Å²) in [6.45, 7) is 1.72. The highest BCUT2D eigenvalue weighted by Gasteiger charge is 2.28. The standard InChI is InChI=1S/C25H19ClN4O3S/c1-15-24(29-25(34-15)19-7-2-3-10-27-19)16-8-9-21-20(11-16)30(23(32)14-33-21)13-22(31)28-18-6-4-5-17(26)12-18/h2-12H,13-14H2,1H3,(H,28,31). The number of halogens is 1. The molecule has 1 N–H and O–H groups in total. The third kappa shape index (κ3) is 4.50. The number of amides is 2. The van der Waals surface area contributed by atoms with Crippen LogP contribution in [0.2, 0.25) is 5.02 Å². The van der Waals surface area contributed by atoms with Crippen molar-refractivity contribution in [3.05, 3.63) is 76.8 Å². The van der Waals surface area contributed by atoms with Crippen LogP contribution in [0.3, 0.4) is 0 Å². The number of hydrogen-bond donors (Lipinski definition) is 1. The zero-order valence-electron chi connectivity index (χ0n) is 18.1. The van der Waals surface area contributed by atoms with Crippen LogP contribution in [-0.2, 0) is 9.59 Å². The van der Waals surface area contributed by atoms with E-state index in [0.29, 0.717) is 22.1 Å². The molecule has 1 aliphatic heterocycles. The van der Waals surface area contributed by atoms with Crippen LogP contribution in [0.1, 0.15) is 4.88 Å². The van der Waals surface area contributed by atoms with Crippen molar-refractivity contribution >= 4 is 46.1 Å². The van der Waals surface area contributed by atoms with Gasteiger partial charge in [-0.1, -0.05) is 23.7 Å². The van der Waals surface area contributed by atoms with Gasteiger partial charge >= 0.3 is 0 Å². The summed E-state index contributed by atoms with van der Waals surface area (Å²) < 4.78 is 5.61. The van der Waals surface area contributed by atoms with Crippen LogP contribution in [0, 0.1) is 6.92 Å². The first-order chi connectivity index (χ1) is 16.5. The summed E-state index contributed by atoms with van der Waals surface area (Å²) >= 11 is 7.55. The number of hydrogen-bond acceptors (Lipinski definition) is 6. The van der Waals surface area contributed by atoms with Gasteiger partial charge in [-0.3, -0.25) is 19.5 Å². The lowest BCUT2D eigenvalue weighted by molar-refractivity contribution is -0.123. The largest absolute Gasteiger partial charge is 0.482 e. The summed E-state index contributed by atoms with van der Waals surface area (Å²) in [5.41, 5.74) is 3.52. The zero-order valence-corrected chi connectivity index (χ0v) is 19.7. The average molecular weight is 491 g/mol. The fraction of sp³-hybridized carbons (Fsp3) is 0.120. The Morgan fingerprint density at radius 3 is 2.85 bits per heavy atom. The van der Waals surface area contributed by atoms with Gasteiger partial charge in [0.1, 0.15) is 17.3 Å². The molecule has 0 radical (unpaired) electrons. The topological polar surface area (TPSA) is 84.4 Å². The molecule has 2 aromatic carbocycles. The van der Waals surface area contributed by atoms with E-state index < -0.39 is 0 Å². The van der Waals surface area contributed by atoms with Crippen LogP contribution in [0.4, 0.5) is 11.4 Å². The summed E-state index contributed by atoms with van der Waals surface area (Å²) in [4.78, 5) is 37.0. The molecule has 170 valence electrons. The second kappa shape index (κ2) is 9.24. The predicted octanol–water partition coefficient (Wildman–Crippen LogP) is 5.20. The summed E-state index contributed by atoms with van der Waals surface area (Å²) in [7, 11) is 0. The number of pyridine rings is 1. The molecule has 5 rings (SSSR count). The van der Waals surface area contributed by atoms with Gasteiger partial charge in [-0.05, 0) is 55.5 Å². The summed E-state index contributed by atoms with van der Waals surface area (Å²) in [6, 6.07) is 18.1. The number of rotatable bonds is 5. The van der Waals surface area contributed by atoms with Gasteiger partial charge in [-0.15, -0.1) is 11.3 Å². The van der Waals surface area contributed by atoms with Gasteiger partial charge in [0.05, 0.1) is 17.1 Å². The minimum atomic E-state index is -0.337. The molecule has 2 aromatic heterocycles. The molecule has 9 heteroatoms. The van der Waals surface area contributed by atoms with Crippen molar-refractivity contribution in [3.8, 4) is 27.7 Å². The Morgan fingerprint density at radius 2 is 2.06 bits per heavy atom. The van der Waals surface area contributed by atoms with E-state index in [0.717, 1.165) is 26.8 Å². The van der Waals surface area contributed by atoms with Crippen molar-refractivity contribution in [2.24, 2.45) is 0 Å². The molecule has 4 aromatic rings. The number of nitrogens with zero attached hydrogens (tertiary/aromatic N) is 3. The molecular formula is C25H19ClN4O3S. The first kappa shape index (κ1) is 22.1. The number of anilines is 2. The molecule has 0 unspecified atom stereocenters. The number of ether oxygens (including phenoxy) is 1. The fourth-order valence-corrected chi connectivity index (χ4v) is 4.80. The molecule has 0 saturated carbocycles. The van der Waals surface area contributed by atoms with E-state index in [9.17, 15) is 9.59 Å². The quantitative estimate of drug-likeness (QED) is 0.415. The van der Waals surface area contributed by atoms with Gasteiger partial charge in [0, 0.05) is 27.3 Å². The maximum absolute atomic E-state index is 12.7. The molecule has 0 spiro atoms. The van der Waals surface area contributed by atoms with Crippen molar-refractivity contribution in [1.29, 1.82) is 0 Å². The fourth-order valence-electron chi connectivity index (χ4n) is 3.70. The monoisotopic (exact) mass is 490 g/mol. The minimum Gasteiger partial charge on any atom is -0.482 e. The van der Waals surface area contributed by atoms with Crippen molar-refractivity contribution in [1.82, 2.24) is 9.97 Å². The first-order valence-corrected chi connectivity index (χ1v) is 11.7. The Labute approximate surface area is 205 Å². The third-order valence-electron chi connectivity index (χ3n) is 5.27. The van der Waals surface area contributed by atoms with Crippen LogP contribution in [0.15, 0.2) is 66.9 Å². The van der Waals surface area contributed by atoms with Crippen molar-refractivity contribution in [3.63, 3.8) is 0 Å². The summed E-state index contributed by atoms with van der Waals surface area (Å²) in [5, 5.41) is 4.11. The molecule has 0 saturated heterocycles. The number of benzene rings is 2. The number of fused-ring (bicyclic) bond motifs is 1. The molecule has 0 aliphatic carbocycles. The van der Waals surface area contributed by atoms with Crippen LogP contribution in [-0.4, -0.2) is 34.9 Å². The van der Waals surface area contributed by atoms with Crippen molar-refractivity contribution in [2.75, 3.05) is 23.4 Å². The van der Waals surface area contributed by atoms with Crippen molar-refractivity contribution in [2.45, 2.75) is 6.92 Å². The van der Waals surface area contributed by atoms with E-state index >= 15 is 0 Å². The first-order valence-electron chi connectivity index (χ1n) is 10.5. The number of carbonyl (C=O) groups is 2. The smallest absolute Gasteiger partial charge is 0.265 e. The average Bonchev–Trinajstić information content (AvgIpc) is 3.23. The lowest BCUT2D eigenvalue weighted by Crippen LogP contribution is -2.43. The van der Waals surface area contributed by atoms with Gasteiger partial charge in [-0.25, -0.2) is 4.98 Å². The Bertz CT molecular complexity index is 1390. The SMILES string of the molecule is Cc1sc(-c2ccccn2)nc1-c1ccc2c(c1)N(CC(=O)Nc1cccc(Cl)c1)C(=O)CO2. The van der Waals surface area contributed by atoms with E-state index in [1.165, 1.54) is 4.90 Å². The Hall–Kier alpha value is -3.75. The number of aromatic nitrogens is 2. The summed E-state index contributed by atoms with van der Waals surface area (Å²) in [5.74, 6) is -0.0945. The van der Waals surface area contributed by atoms with Crippen LogP contribution in [0.25, 0.3) is 22.0 Å². The normalized spacial score (nSPS) is 12.8. The van der Waals surface area contributed by atoms with Crippen molar-refractivity contribution < 1.29 is 14.3 Å². The van der Waals surface area contributed by atoms with E-state index in [4.69, 9.17) is 21.3 Å². The van der Waals surface area contributed by atoms with Gasteiger partial charge in [0.2, 0.25) is 5.91 Å². The maximum atomic E-state index is 12.7. The molecule has 3 heterocycles. The third-order valence-corrected chi connectivity index (χ3v) is 6.49. The Morgan fingerprint density at radius 1 is 1.18 bits per heavy atom. The summed E-state index contributed by atoms with van der Waals surface area (Å²) in [6.07, 6.45) is 1.74. The zero-order chi connectivity index (χ0) is 23.7. The van der Waals surface area contributed by atoms with Gasteiger partial charge in [0.25, 0.3) is 5.91 Å². The van der Waals surface area contributed by atoms with Crippen LogP contribution in [0.5, 0.6) is 5.75 Å². The highest BCUT2D eigenvalue weighted by Crippen LogP contribution is 2.39. The second-order valence-electron chi connectivity index (χ2n) is 7.65. The Kier molecular flexibility index (Phi) is 6.00. The van der Waals surface area contributed by atoms with Crippen LogP contribution < -0.4 is 15.0 Å². The lowest BCUT2D eigenvalue weighted by Gasteiger charge is -2.29. The van der Waals surface area contributed by atoms with E-state index in [1.54, 1.807) is 47.9 Å². The molecule has 0 fully saturated rings. The molecule has 1 aliphatic rings. The lowest BCUT2D eigenvalue weighted by atomic mass is 10.1. The maximum Gasteiger partial charge on any atom is 0.265 e. The molecule has 0 atom stereocenters. The second-order valence-corrected chi connectivity index (χ2v) is 9.29. The number of nitrogens with one attached hydrogen (secondary N) is 1. The van der Waals surface area contributed by atoms with E-state index in [2.05, 4.69) is 10.3 Å². The Balaban J connectivity index is 1.43. The molecule has 2 amide bonds. The molecular weight excluding hydrogens is 472 g/mol. The molecule has 7 nitrogen and oxygen atoms in total. The highest BCUT2D eigenvalue weighted by atomic mass is 35.5. The van der Waals surface area contributed by atoms with Gasteiger partial charge < -0.3 is 10.1 Å². The van der Waals surface area contributed by atoms with Crippen LogP contribution >= 0.6 is 22.9 Å². The predicted molar refractivity (Wildman–Crippen MR) is 133 cm³/mol. The molecule has 0 bridgehead atoms. The molecule has 34 heavy (non-hydrogen) atoms. The number of thiazole rings is 1. The van der Waals surface area contributed by atoms with Gasteiger partial charge in [0.15, 0.2) is 6.61 Å². The number of aryl methyl sites for hydroxylation is 1.